The molecular weight excluding hydrogens is 474 g/mol. The van der Waals surface area contributed by atoms with Crippen molar-refractivity contribution in [3.63, 3.8) is 0 Å². The minimum atomic E-state index is -0.872. The molecular formula is C28H27N3O2S2. The minimum absolute atomic E-state index is 0.0594. The van der Waals surface area contributed by atoms with Gasteiger partial charge in [-0.2, -0.15) is 16.6 Å². The molecule has 2 unspecified atom stereocenters. The van der Waals surface area contributed by atoms with Crippen LogP contribution in [0.3, 0.4) is 0 Å². The Morgan fingerprint density at radius 3 is 2.43 bits per heavy atom. The van der Waals surface area contributed by atoms with Gasteiger partial charge < -0.3 is 10.2 Å². The van der Waals surface area contributed by atoms with Crippen LogP contribution in [-0.2, 0) is 15.1 Å². The second-order valence-corrected chi connectivity index (χ2v) is 11.2. The number of Topliss-reactive ketones (excluding diaryl/α,β-unsaturated/α-hetero) is 1. The minimum Gasteiger partial charge on any atom is -0.371 e. The van der Waals surface area contributed by atoms with Gasteiger partial charge in [0.05, 0.1) is 11.6 Å². The number of anilines is 1. The van der Waals surface area contributed by atoms with Gasteiger partial charge in [0.15, 0.2) is 5.78 Å². The Hall–Kier alpha value is -3.08. The predicted molar refractivity (Wildman–Crippen MR) is 141 cm³/mol. The second kappa shape index (κ2) is 9.88. The third kappa shape index (κ3) is 4.61. The topological polar surface area (TPSA) is 73.2 Å². The van der Waals surface area contributed by atoms with E-state index < -0.39 is 10.8 Å². The van der Waals surface area contributed by atoms with Crippen LogP contribution in [0.5, 0.6) is 0 Å². The quantitative estimate of drug-likeness (QED) is 0.481. The van der Waals surface area contributed by atoms with Gasteiger partial charge in [-0.25, -0.2) is 0 Å². The average Bonchev–Trinajstić information content (AvgIpc) is 3.43. The zero-order valence-corrected chi connectivity index (χ0v) is 21.2. The van der Waals surface area contributed by atoms with E-state index in [0.29, 0.717) is 0 Å². The number of carbonyl (C=O) groups excluding carboxylic acids is 2. The largest absolute Gasteiger partial charge is 0.371 e. The van der Waals surface area contributed by atoms with Crippen LogP contribution in [0.25, 0.3) is 0 Å². The van der Waals surface area contributed by atoms with Gasteiger partial charge in [-0.15, -0.1) is 11.8 Å². The average molecular weight is 502 g/mol. The Bertz CT molecular complexity index is 1240. The molecule has 2 aliphatic heterocycles. The summed E-state index contributed by atoms with van der Waals surface area (Å²) in [6, 6.07) is 20.4. The lowest BCUT2D eigenvalue weighted by atomic mass is 9.77. The molecule has 2 aliphatic rings. The molecule has 0 saturated carbocycles. The lowest BCUT2D eigenvalue weighted by Gasteiger charge is -2.40. The fourth-order valence-corrected chi connectivity index (χ4v) is 6.78. The van der Waals surface area contributed by atoms with Gasteiger partial charge in [0.2, 0.25) is 5.91 Å². The molecule has 1 aromatic heterocycles. The number of rotatable bonds is 5. The van der Waals surface area contributed by atoms with Crippen LogP contribution in [0.2, 0.25) is 0 Å². The monoisotopic (exact) mass is 501 g/mol. The van der Waals surface area contributed by atoms with E-state index in [0.717, 1.165) is 53.2 Å². The van der Waals surface area contributed by atoms with Gasteiger partial charge in [-0.1, -0.05) is 30.3 Å². The van der Waals surface area contributed by atoms with Gasteiger partial charge in [0.1, 0.15) is 5.25 Å². The van der Waals surface area contributed by atoms with E-state index in [1.165, 1.54) is 11.8 Å². The third-order valence-corrected chi connectivity index (χ3v) is 9.17. The van der Waals surface area contributed by atoms with E-state index in [2.05, 4.69) is 28.4 Å². The molecule has 2 saturated heterocycles. The Morgan fingerprint density at radius 2 is 1.80 bits per heavy atom. The van der Waals surface area contributed by atoms with Crippen molar-refractivity contribution in [1.82, 2.24) is 5.32 Å². The highest BCUT2D eigenvalue weighted by molar-refractivity contribution is 8.01. The molecule has 0 radical (unpaired) electrons. The number of piperidine rings is 2. The molecule has 2 aromatic carbocycles. The number of thiophene rings is 1. The van der Waals surface area contributed by atoms with Gasteiger partial charge in [0, 0.05) is 36.0 Å². The van der Waals surface area contributed by atoms with Crippen LogP contribution in [-0.4, -0.2) is 30.0 Å². The number of hydrogen-bond donors (Lipinski definition) is 1. The summed E-state index contributed by atoms with van der Waals surface area (Å²) in [4.78, 5) is 30.1. The molecule has 1 N–H and O–H groups in total. The predicted octanol–water partition coefficient (Wildman–Crippen LogP) is 5.29. The number of aryl methyl sites for hydroxylation is 1. The van der Waals surface area contributed by atoms with E-state index in [-0.39, 0.29) is 24.0 Å². The summed E-state index contributed by atoms with van der Waals surface area (Å²) in [5.41, 5.74) is 3.14. The summed E-state index contributed by atoms with van der Waals surface area (Å²) in [6.45, 7) is 3.72. The van der Waals surface area contributed by atoms with E-state index in [4.69, 9.17) is 0 Å². The van der Waals surface area contributed by atoms with Gasteiger partial charge in [0.25, 0.3) is 0 Å². The Kier molecular flexibility index (Phi) is 6.68. The number of thioether (sulfide) groups is 1. The summed E-state index contributed by atoms with van der Waals surface area (Å²) < 4.78 is 0. The summed E-state index contributed by atoms with van der Waals surface area (Å²) in [6.07, 6.45) is 1.97. The maximum atomic E-state index is 13.5. The number of nitriles is 1. The van der Waals surface area contributed by atoms with Crippen molar-refractivity contribution in [2.45, 2.75) is 41.9 Å². The zero-order valence-electron chi connectivity index (χ0n) is 19.6. The second-order valence-electron chi connectivity index (χ2n) is 9.25. The molecule has 5 nitrogen and oxygen atoms in total. The Morgan fingerprint density at radius 1 is 1.06 bits per heavy atom. The standard InChI is InChI=1S/C28H27N3O2S2/c1-19-4-2-3-5-25(19)35-26-24(32)16-28(30-27(26)33,22-12-15-34-18-22)21-6-8-23(9-7-21)31-13-10-20(17-29)11-14-31/h2-9,12,15,18,20,26H,10-11,13-14,16H2,1H3,(H,30,33). The fraction of sp³-hybridized carbons (Fsp3) is 0.321. The lowest BCUT2D eigenvalue weighted by Crippen LogP contribution is -2.58. The van der Waals surface area contributed by atoms with Crippen molar-refractivity contribution in [2.24, 2.45) is 5.92 Å². The van der Waals surface area contributed by atoms with Crippen LogP contribution in [0, 0.1) is 24.2 Å². The van der Waals surface area contributed by atoms with E-state index in [1.807, 2.05) is 60.1 Å². The SMILES string of the molecule is Cc1ccccc1SC1C(=O)CC(c2ccc(N3CCC(C#N)CC3)cc2)(c2ccsc2)NC1=O. The zero-order chi connectivity index (χ0) is 24.4. The van der Waals surface area contributed by atoms with Crippen LogP contribution < -0.4 is 10.2 Å². The molecule has 3 heterocycles. The van der Waals surface area contributed by atoms with Crippen LogP contribution in [0.4, 0.5) is 5.69 Å². The molecule has 178 valence electrons. The molecule has 2 atom stereocenters. The molecule has 1 amide bonds. The molecule has 2 fully saturated rings. The first kappa shape index (κ1) is 23.7. The summed E-state index contributed by atoms with van der Waals surface area (Å²) in [5.74, 6) is -0.166. The van der Waals surface area contributed by atoms with E-state index in [9.17, 15) is 14.9 Å². The summed E-state index contributed by atoms with van der Waals surface area (Å²) in [7, 11) is 0. The maximum absolute atomic E-state index is 13.5. The Labute approximate surface area is 214 Å². The smallest absolute Gasteiger partial charge is 0.242 e. The number of benzene rings is 2. The van der Waals surface area contributed by atoms with Crippen molar-refractivity contribution < 1.29 is 9.59 Å². The molecule has 0 bridgehead atoms. The van der Waals surface area contributed by atoms with Crippen LogP contribution in [0.1, 0.15) is 36.0 Å². The van der Waals surface area contributed by atoms with Gasteiger partial charge in [-0.05, 0) is 71.5 Å². The highest BCUT2D eigenvalue weighted by Crippen LogP contribution is 2.41. The lowest BCUT2D eigenvalue weighted by molar-refractivity contribution is -0.132. The molecule has 35 heavy (non-hydrogen) atoms. The van der Waals surface area contributed by atoms with Gasteiger partial charge in [-0.3, -0.25) is 9.59 Å². The number of hydrogen-bond acceptors (Lipinski definition) is 6. The van der Waals surface area contributed by atoms with Crippen molar-refractivity contribution >= 4 is 40.5 Å². The van der Waals surface area contributed by atoms with Crippen molar-refractivity contribution in [3.05, 3.63) is 82.0 Å². The molecule has 3 aromatic rings. The molecule has 0 aliphatic carbocycles. The van der Waals surface area contributed by atoms with Crippen molar-refractivity contribution in [2.75, 3.05) is 18.0 Å². The molecule has 5 rings (SSSR count). The summed E-state index contributed by atoms with van der Waals surface area (Å²) >= 11 is 2.90. The maximum Gasteiger partial charge on any atom is 0.242 e. The molecule has 0 spiro atoms. The first-order valence-corrected chi connectivity index (χ1v) is 13.7. The fourth-order valence-electron chi connectivity index (χ4n) is 5.00. The number of ketones is 1. The van der Waals surface area contributed by atoms with Gasteiger partial charge >= 0.3 is 0 Å². The number of carbonyl (C=O) groups is 2. The highest BCUT2D eigenvalue weighted by Gasteiger charge is 2.47. The normalized spacial score (nSPS) is 23.1. The Balaban J connectivity index is 1.42. The van der Waals surface area contributed by atoms with Crippen molar-refractivity contribution in [1.29, 1.82) is 5.26 Å². The van der Waals surface area contributed by atoms with E-state index >= 15 is 0 Å². The van der Waals surface area contributed by atoms with E-state index in [1.54, 1.807) is 11.3 Å². The first-order chi connectivity index (χ1) is 17.0. The highest BCUT2D eigenvalue weighted by atomic mass is 32.2. The number of nitrogens with zero attached hydrogens (tertiary/aromatic N) is 2. The molecule has 7 heteroatoms. The van der Waals surface area contributed by atoms with Crippen LogP contribution >= 0.6 is 23.1 Å². The number of nitrogens with one attached hydrogen (secondary N) is 1. The summed E-state index contributed by atoms with van der Waals surface area (Å²) in [5, 5.41) is 15.7. The van der Waals surface area contributed by atoms with Crippen LogP contribution in [0.15, 0.2) is 70.3 Å². The third-order valence-electron chi connectivity index (χ3n) is 7.06. The van der Waals surface area contributed by atoms with Crippen molar-refractivity contribution in [3.8, 4) is 6.07 Å². The first-order valence-electron chi connectivity index (χ1n) is 11.8. The number of amides is 1.